The molecule has 0 bridgehead atoms. The molecule has 3 N–H and O–H groups in total. The molecule has 0 saturated heterocycles. The van der Waals surface area contributed by atoms with Crippen molar-refractivity contribution in [3.8, 4) is 0 Å². The number of primary sulfonamides is 1. The Bertz CT molecular complexity index is 538. The van der Waals surface area contributed by atoms with Crippen LogP contribution in [0, 0.1) is 5.92 Å². The van der Waals surface area contributed by atoms with E-state index in [9.17, 15) is 13.2 Å². The highest BCUT2D eigenvalue weighted by Crippen LogP contribution is 2.09. The van der Waals surface area contributed by atoms with Gasteiger partial charge < -0.3 is 5.32 Å². The molecule has 0 radical (unpaired) electrons. The maximum absolute atomic E-state index is 11.7. The predicted octanol–water partition coefficient (Wildman–Crippen LogP) is 1.43. The molecule has 1 amide bonds. The van der Waals surface area contributed by atoms with Crippen LogP contribution in [0.4, 0.5) is 0 Å². The Morgan fingerprint density at radius 2 is 1.90 bits per heavy atom. The van der Waals surface area contributed by atoms with Gasteiger partial charge in [-0.15, -0.1) is 0 Å². The lowest BCUT2D eigenvalue weighted by Crippen LogP contribution is -2.30. The van der Waals surface area contributed by atoms with Gasteiger partial charge >= 0.3 is 0 Å². The minimum atomic E-state index is -3.64. The van der Waals surface area contributed by atoms with Crippen LogP contribution < -0.4 is 10.5 Å². The first-order chi connectivity index (χ1) is 9.34. The maximum Gasteiger partial charge on any atom is 0.238 e. The highest BCUT2D eigenvalue weighted by molar-refractivity contribution is 7.89. The normalized spacial score (nSPS) is 12.9. The Morgan fingerprint density at radius 3 is 2.40 bits per heavy atom. The van der Waals surface area contributed by atoms with Crippen LogP contribution in [0.25, 0.3) is 0 Å². The largest absolute Gasteiger partial charge is 0.356 e. The lowest BCUT2D eigenvalue weighted by Gasteiger charge is -2.11. The molecule has 0 fully saturated rings. The smallest absolute Gasteiger partial charge is 0.238 e. The lowest BCUT2D eigenvalue weighted by atomic mass is 10.1. The third-order valence-electron chi connectivity index (χ3n) is 3.13. The summed E-state index contributed by atoms with van der Waals surface area (Å²) in [5, 5.41) is 7.90. The van der Waals surface area contributed by atoms with Gasteiger partial charge in [0, 0.05) is 12.5 Å². The third kappa shape index (κ3) is 5.30. The summed E-state index contributed by atoms with van der Waals surface area (Å²) < 4.78 is 22.2. The number of nitrogens with one attached hydrogen (secondary N) is 1. The molecule has 0 aliphatic carbocycles. The van der Waals surface area contributed by atoms with Gasteiger partial charge in [-0.25, -0.2) is 13.6 Å². The Morgan fingerprint density at radius 1 is 1.30 bits per heavy atom. The minimum absolute atomic E-state index is 0.0322. The zero-order valence-electron chi connectivity index (χ0n) is 11.9. The van der Waals surface area contributed by atoms with Crippen LogP contribution in [0.15, 0.2) is 29.2 Å². The molecule has 0 aromatic heterocycles. The first-order valence-corrected chi connectivity index (χ1v) is 8.28. The van der Waals surface area contributed by atoms with Crippen LogP contribution in [0.5, 0.6) is 0 Å². The van der Waals surface area contributed by atoms with E-state index in [0.717, 1.165) is 18.4 Å². The van der Waals surface area contributed by atoms with Gasteiger partial charge in [0.15, 0.2) is 0 Å². The third-order valence-corrected chi connectivity index (χ3v) is 4.06. The molecule has 5 nitrogen and oxygen atoms in total. The SMILES string of the molecule is CCCC(C)C(=O)NCCc1ccc(S(N)(=O)=O)cc1. The molecular formula is C14H22N2O3S. The number of carbonyl (C=O) groups is 1. The number of carbonyl (C=O) groups excluding carboxylic acids is 1. The molecule has 1 aromatic carbocycles. The van der Waals surface area contributed by atoms with Gasteiger partial charge in [0.2, 0.25) is 15.9 Å². The summed E-state index contributed by atoms with van der Waals surface area (Å²) in [6, 6.07) is 6.38. The van der Waals surface area contributed by atoms with Crippen molar-refractivity contribution in [3.05, 3.63) is 29.8 Å². The summed E-state index contributed by atoms with van der Waals surface area (Å²) in [6.07, 6.45) is 2.54. The van der Waals surface area contributed by atoms with Crippen molar-refractivity contribution in [3.63, 3.8) is 0 Å². The summed E-state index contributed by atoms with van der Waals surface area (Å²) >= 11 is 0. The molecule has 0 spiro atoms. The Kier molecular flexibility index (Phi) is 6.16. The monoisotopic (exact) mass is 298 g/mol. The fraction of sp³-hybridized carbons (Fsp3) is 0.500. The van der Waals surface area contributed by atoms with Crippen LogP contribution in [-0.2, 0) is 21.2 Å². The van der Waals surface area contributed by atoms with Gasteiger partial charge in [-0.05, 0) is 30.5 Å². The van der Waals surface area contributed by atoms with Gasteiger partial charge in [0.25, 0.3) is 0 Å². The molecule has 1 rings (SSSR count). The second-order valence-corrected chi connectivity index (χ2v) is 6.48. The standard InChI is InChI=1S/C14H22N2O3S/c1-3-4-11(2)14(17)16-10-9-12-5-7-13(8-6-12)20(15,18)19/h5-8,11H,3-4,9-10H2,1-2H3,(H,16,17)(H2,15,18,19). The van der Waals surface area contributed by atoms with Crippen LogP contribution in [-0.4, -0.2) is 20.9 Å². The van der Waals surface area contributed by atoms with Crippen molar-refractivity contribution in [1.29, 1.82) is 0 Å². The molecule has 20 heavy (non-hydrogen) atoms. The van der Waals surface area contributed by atoms with Crippen LogP contribution in [0.3, 0.4) is 0 Å². The number of rotatable bonds is 7. The van der Waals surface area contributed by atoms with E-state index in [1.54, 1.807) is 12.1 Å². The van der Waals surface area contributed by atoms with E-state index in [2.05, 4.69) is 12.2 Å². The fourth-order valence-corrected chi connectivity index (χ4v) is 2.43. The molecule has 0 heterocycles. The van der Waals surface area contributed by atoms with E-state index in [4.69, 9.17) is 5.14 Å². The van der Waals surface area contributed by atoms with Gasteiger partial charge in [-0.3, -0.25) is 4.79 Å². The second-order valence-electron chi connectivity index (χ2n) is 4.92. The molecule has 112 valence electrons. The predicted molar refractivity (Wildman–Crippen MR) is 78.6 cm³/mol. The Balaban J connectivity index is 2.45. The second kappa shape index (κ2) is 7.40. The van der Waals surface area contributed by atoms with Crippen molar-refractivity contribution in [2.24, 2.45) is 11.1 Å². The fourth-order valence-electron chi connectivity index (χ4n) is 1.91. The van der Waals surface area contributed by atoms with E-state index >= 15 is 0 Å². The number of benzene rings is 1. The molecule has 0 aliphatic rings. The average Bonchev–Trinajstić information content (AvgIpc) is 2.38. The summed E-state index contributed by atoms with van der Waals surface area (Å²) in [7, 11) is -3.64. The van der Waals surface area contributed by atoms with Crippen molar-refractivity contribution in [2.45, 2.75) is 38.0 Å². The van der Waals surface area contributed by atoms with E-state index in [1.807, 2.05) is 6.92 Å². The zero-order chi connectivity index (χ0) is 15.2. The number of hydrogen-bond acceptors (Lipinski definition) is 3. The highest BCUT2D eigenvalue weighted by Gasteiger charge is 2.11. The highest BCUT2D eigenvalue weighted by atomic mass is 32.2. The van der Waals surface area contributed by atoms with Crippen molar-refractivity contribution in [2.75, 3.05) is 6.54 Å². The lowest BCUT2D eigenvalue weighted by molar-refractivity contribution is -0.124. The van der Waals surface area contributed by atoms with Crippen molar-refractivity contribution >= 4 is 15.9 Å². The molecular weight excluding hydrogens is 276 g/mol. The van der Waals surface area contributed by atoms with Crippen LogP contribution in [0.1, 0.15) is 32.3 Å². The number of sulfonamides is 1. The molecule has 0 aliphatic heterocycles. The van der Waals surface area contributed by atoms with E-state index in [1.165, 1.54) is 12.1 Å². The molecule has 1 atom stereocenters. The van der Waals surface area contributed by atoms with Gasteiger partial charge in [0.1, 0.15) is 0 Å². The summed E-state index contributed by atoms with van der Waals surface area (Å²) in [5.41, 5.74) is 0.959. The quantitative estimate of drug-likeness (QED) is 0.798. The first-order valence-electron chi connectivity index (χ1n) is 6.74. The van der Waals surface area contributed by atoms with Gasteiger partial charge in [-0.2, -0.15) is 0 Å². The molecule has 1 unspecified atom stereocenters. The number of hydrogen-bond donors (Lipinski definition) is 2. The first kappa shape index (κ1) is 16.7. The molecule has 0 saturated carbocycles. The molecule has 6 heteroatoms. The number of amides is 1. The zero-order valence-corrected chi connectivity index (χ0v) is 12.7. The summed E-state index contributed by atoms with van der Waals surface area (Å²) in [4.78, 5) is 11.8. The maximum atomic E-state index is 11.7. The Labute approximate surface area is 120 Å². The molecule has 1 aromatic rings. The average molecular weight is 298 g/mol. The topological polar surface area (TPSA) is 89.3 Å². The summed E-state index contributed by atoms with van der Waals surface area (Å²) in [5.74, 6) is 0.0952. The van der Waals surface area contributed by atoms with Gasteiger partial charge in [0.05, 0.1) is 4.90 Å². The van der Waals surface area contributed by atoms with Crippen LogP contribution >= 0.6 is 0 Å². The Hall–Kier alpha value is -1.40. The van der Waals surface area contributed by atoms with Crippen molar-refractivity contribution < 1.29 is 13.2 Å². The van der Waals surface area contributed by atoms with E-state index in [-0.39, 0.29) is 16.7 Å². The van der Waals surface area contributed by atoms with Crippen LogP contribution in [0.2, 0.25) is 0 Å². The van der Waals surface area contributed by atoms with E-state index in [0.29, 0.717) is 13.0 Å². The number of nitrogens with two attached hydrogens (primary N) is 1. The minimum Gasteiger partial charge on any atom is -0.356 e. The summed E-state index contributed by atoms with van der Waals surface area (Å²) in [6.45, 7) is 4.51. The van der Waals surface area contributed by atoms with Gasteiger partial charge in [-0.1, -0.05) is 32.4 Å². The van der Waals surface area contributed by atoms with E-state index < -0.39 is 10.0 Å². The van der Waals surface area contributed by atoms with Crippen molar-refractivity contribution in [1.82, 2.24) is 5.32 Å².